The molecule has 188 valence electrons. The summed E-state index contributed by atoms with van der Waals surface area (Å²) in [5, 5.41) is 9.29. The predicted octanol–water partition coefficient (Wildman–Crippen LogP) is 5.93. The Balaban J connectivity index is 1.35. The maximum atomic E-state index is 13.6. The van der Waals surface area contributed by atoms with Crippen LogP contribution in [0.25, 0.3) is 0 Å². The summed E-state index contributed by atoms with van der Waals surface area (Å²) in [6.45, 7) is 5.97. The van der Waals surface area contributed by atoms with Crippen molar-refractivity contribution in [3.8, 4) is 0 Å². The summed E-state index contributed by atoms with van der Waals surface area (Å²) in [4.78, 5) is 29.8. The van der Waals surface area contributed by atoms with Gasteiger partial charge in [-0.15, -0.1) is 0 Å². The fourth-order valence-corrected chi connectivity index (χ4v) is 5.64. The Hall–Kier alpha value is -3.78. The number of aryl methyl sites for hydroxylation is 3. The summed E-state index contributed by atoms with van der Waals surface area (Å²) < 4.78 is 13.6. The molecule has 0 aliphatic carbocycles. The molecular weight excluding hydrogens is 487 g/mol. The Morgan fingerprint density at radius 2 is 1.68 bits per heavy atom. The molecule has 2 aliphatic heterocycles. The first kappa shape index (κ1) is 24.9. The van der Waals surface area contributed by atoms with E-state index in [2.05, 4.69) is 10.3 Å². The number of halogens is 1. The summed E-state index contributed by atoms with van der Waals surface area (Å²) in [5.41, 5.74) is 6.69. The van der Waals surface area contributed by atoms with Crippen LogP contribution in [0.5, 0.6) is 0 Å². The van der Waals surface area contributed by atoms with Crippen molar-refractivity contribution in [1.82, 2.24) is 5.01 Å². The van der Waals surface area contributed by atoms with Crippen molar-refractivity contribution >= 4 is 40.1 Å². The number of nitrogens with one attached hydrogen (secondary N) is 1. The third kappa shape index (κ3) is 5.64. The number of amides is 2. The number of carbonyl (C=O) groups is 2. The Morgan fingerprint density at radius 1 is 1.00 bits per heavy atom. The molecule has 3 aromatic rings. The summed E-state index contributed by atoms with van der Waals surface area (Å²) in [7, 11) is 0. The second-order valence-electron chi connectivity index (χ2n) is 9.50. The van der Waals surface area contributed by atoms with E-state index in [0.29, 0.717) is 17.3 Å². The van der Waals surface area contributed by atoms with E-state index in [-0.39, 0.29) is 30.1 Å². The van der Waals surface area contributed by atoms with Gasteiger partial charge in [-0.3, -0.25) is 9.59 Å². The third-order valence-corrected chi connectivity index (χ3v) is 7.49. The quantitative estimate of drug-likeness (QED) is 0.458. The first-order chi connectivity index (χ1) is 17.7. The van der Waals surface area contributed by atoms with Gasteiger partial charge in [-0.25, -0.2) is 9.40 Å². The number of carbonyl (C=O) groups excluding carboxylic acids is 2. The molecule has 3 aromatic carbocycles. The number of benzene rings is 3. The first-order valence-corrected chi connectivity index (χ1v) is 13.0. The molecule has 0 aromatic heterocycles. The molecule has 2 amide bonds. The van der Waals surface area contributed by atoms with E-state index in [9.17, 15) is 14.0 Å². The number of anilines is 1. The van der Waals surface area contributed by atoms with E-state index >= 15 is 0 Å². The van der Waals surface area contributed by atoms with Crippen LogP contribution in [0.2, 0.25) is 0 Å². The molecule has 0 bridgehead atoms. The van der Waals surface area contributed by atoms with Gasteiger partial charge in [0.2, 0.25) is 5.91 Å². The number of thioether (sulfide) groups is 1. The number of hydrazone groups is 1. The lowest BCUT2D eigenvalue weighted by atomic mass is 9.98. The number of hydrogen-bond donors (Lipinski definition) is 1. The molecule has 1 N–H and O–H groups in total. The van der Waals surface area contributed by atoms with Gasteiger partial charge in [0.05, 0.1) is 11.8 Å². The highest BCUT2D eigenvalue weighted by molar-refractivity contribution is 8.15. The molecule has 0 saturated heterocycles. The SMILES string of the molecule is Cc1ccc(C2=NN(C3=NC(=O)[C@@H](CC(=O)Nc4cc(C)cc(C)c4)S3)[C@H](c3ccc(F)cc3)C2)cc1. The molecule has 2 heterocycles. The van der Waals surface area contributed by atoms with Crippen LogP contribution in [-0.2, 0) is 9.59 Å². The van der Waals surface area contributed by atoms with Crippen molar-refractivity contribution in [3.63, 3.8) is 0 Å². The third-order valence-electron chi connectivity index (χ3n) is 6.35. The molecule has 0 fully saturated rings. The lowest BCUT2D eigenvalue weighted by Gasteiger charge is -2.23. The van der Waals surface area contributed by atoms with Crippen molar-refractivity contribution in [1.29, 1.82) is 0 Å². The smallest absolute Gasteiger partial charge is 0.262 e. The average molecular weight is 515 g/mol. The van der Waals surface area contributed by atoms with Gasteiger partial charge in [0.15, 0.2) is 5.17 Å². The van der Waals surface area contributed by atoms with Crippen LogP contribution in [0.1, 0.15) is 46.7 Å². The highest BCUT2D eigenvalue weighted by atomic mass is 32.2. The lowest BCUT2D eigenvalue weighted by Crippen LogP contribution is -2.25. The molecule has 37 heavy (non-hydrogen) atoms. The fraction of sp³-hybridized carbons (Fsp3) is 0.241. The van der Waals surface area contributed by atoms with E-state index in [0.717, 1.165) is 33.5 Å². The number of aliphatic imine (C=N–C) groups is 1. The normalized spacial score (nSPS) is 19.1. The molecule has 0 spiro atoms. The second kappa shape index (κ2) is 10.3. The number of nitrogens with zero attached hydrogens (tertiary/aromatic N) is 3. The monoisotopic (exact) mass is 514 g/mol. The van der Waals surface area contributed by atoms with E-state index in [4.69, 9.17) is 5.10 Å². The van der Waals surface area contributed by atoms with E-state index in [1.165, 1.54) is 23.9 Å². The van der Waals surface area contributed by atoms with Gasteiger partial charge in [0, 0.05) is 18.5 Å². The van der Waals surface area contributed by atoms with Crippen molar-refractivity contribution in [3.05, 3.63) is 100 Å². The Kier molecular flexibility index (Phi) is 6.93. The summed E-state index contributed by atoms with van der Waals surface area (Å²) >= 11 is 1.25. The Morgan fingerprint density at radius 3 is 2.35 bits per heavy atom. The van der Waals surface area contributed by atoms with E-state index in [1.54, 1.807) is 17.1 Å². The maximum Gasteiger partial charge on any atom is 0.262 e. The molecule has 2 aliphatic rings. The predicted molar refractivity (Wildman–Crippen MR) is 146 cm³/mol. The molecule has 0 saturated carbocycles. The van der Waals surface area contributed by atoms with Gasteiger partial charge in [-0.05, 0) is 67.3 Å². The molecule has 6 nitrogen and oxygen atoms in total. The summed E-state index contributed by atoms with van der Waals surface area (Å²) in [6, 6.07) is 20.0. The van der Waals surface area contributed by atoms with Crippen LogP contribution < -0.4 is 5.32 Å². The fourth-order valence-electron chi connectivity index (χ4n) is 4.58. The molecule has 8 heteroatoms. The van der Waals surface area contributed by atoms with Crippen LogP contribution in [0.4, 0.5) is 10.1 Å². The standard InChI is InChI=1S/C29H27FN4O2S/c1-17-4-6-20(7-5-17)24-15-25(21-8-10-22(30)11-9-21)34(33-24)29-32-28(36)26(37-29)16-27(35)31-23-13-18(2)12-19(3)14-23/h4-14,25-26H,15-16H2,1-3H3,(H,31,35)/t25-,26+/m0/s1. The topological polar surface area (TPSA) is 74.1 Å². The van der Waals surface area contributed by atoms with Crippen LogP contribution in [-0.4, -0.2) is 33.0 Å². The zero-order valence-corrected chi connectivity index (χ0v) is 21.7. The molecular formula is C29H27FN4O2S. The minimum atomic E-state index is -0.631. The number of hydrogen-bond acceptors (Lipinski definition) is 5. The van der Waals surface area contributed by atoms with E-state index < -0.39 is 5.25 Å². The van der Waals surface area contributed by atoms with Crippen molar-refractivity contribution in [2.75, 3.05) is 5.32 Å². The summed E-state index contributed by atoms with van der Waals surface area (Å²) in [5.74, 6) is -0.911. The van der Waals surface area contributed by atoms with Crippen LogP contribution in [0, 0.1) is 26.6 Å². The minimum absolute atomic E-state index is 0.00702. The molecule has 5 rings (SSSR count). The molecule has 0 radical (unpaired) electrons. The van der Waals surface area contributed by atoms with Crippen molar-refractivity contribution in [2.45, 2.75) is 44.9 Å². The zero-order chi connectivity index (χ0) is 26.1. The van der Waals surface area contributed by atoms with Crippen LogP contribution in [0.15, 0.2) is 76.8 Å². The van der Waals surface area contributed by atoms with Crippen molar-refractivity contribution < 1.29 is 14.0 Å². The van der Waals surface area contributed by atoms with Gasteiger partial charge in [0.25, 0.3) is 5.91 Å². The van der Waals surface area contributed by atoms with Crippen LogP contribution >= 0.6 is 11.8 Å². The lowest BCUT2D eigenvalue weighted by molar-refractivity contribution is -0.121. The minimum Gasteiger partial charge on any atom is -0.326 e. The average Bonchev–Trinajstić information content (AvgIpc) is 3.43. The number of amidine groups is 1. The zero-order valence-electron chi connectivity index (χ0n) is 20.9. The van der Waals surface area contributed by atoms with E-state index in [1.807, 2.05) is 63.2 Å². The Labute approximate surface area is 219 Å². The Bertz CT molecular complexity index is 1400. The summed E-state index contributed by atoms with van der Waals surface area (Å²) in [6.07, 6.45) is 0.591. The van der Waals surface area contributed by atoms with Gasteiger partial charge in [0.1, 0.15) is 11.1 Å². The van der Waals surface area contributed by atoms with Crippen LogP contribution in [0.3, 0.4) is 0 Å². The van der Waals surface area contributed by atoms with Gasteiger partial charge >= 0.3 is 0 Å². The maximum absolute atomic E-state index is 13.6. The van der Waals surface area contributed by atoms with Gasteiger partial charge < -0.3 is 5.32 Å². The highest BCUT2D eigenvalue weighted by Gasteiger charge is 2.39. The largest absolute Gasteiger partial charge is 0.326 e. The molecule has 2 atom stereocenters. The van der Waals surface area contributed by atoms with Crippen molar-refractivity contribution in [2.24, 2.45) is 10.1 Å². The highest BCUT2D eigenvalue weighted by Crippen LogP contribution is 2.38. The second-order valence-corrected chi connectivity index (χ2v) is 10.7. The van der Waals surface area contributed by atoms with Gasteiger partial charge in [-0.1, -0.05) is 59.8 Å². The molecule has 0 unspecified atom stereocenters. The first-order valence-electron chi connectivity index (χ1n) is 12.1. The number of rotatable bonds is 5. The van der Waals surface area contributed by atoms with Gasteiger partial charge in [-0.2, -0.15) is 10.1 Å².